The highest BCUT2D eigenvalue weighted by molar-refractivity contribution is 9.10. The third kappa shape index (κ3) is 2.55. The summed E-state index contributed by atoms with van der Waals surface area (Å²) in [6.45, 7) is 6.32. The molecule has 1 atom stereocenters. The van der Waals surface area contributed by atoms with Crippen molar-refractivity contribution in [3.63, 3.8) is 0 Å². The maximum Gasteiger partial charge on any atom is 0.0210 e. The summed E-state index contributed by atoms with van der Waals surface area (Å²) < 4.78 is 1.17. The lowest BCUT2D eigenvalue weighted by molar-refractivity contribution is 0.732. The highest BCUT2D eigenvalue weighted by Crippen LogP contribution is 2.24. The third-order valence-electron chi connectivity index (χ3n) is 2.34. The molecule has 1 unspecified atom stereocenters. The maximum absolute atomic E-state index is 5.79. The van der Waals surface area contributed by atoms with Crippen LogP contribution in [0.15, 0.2) is 16.6 Å². The molecular weight excluding hydrogens is 226 g/mol. The van der Waals surface area contributed by atoms with Crippen molar-refractivity contribution in [2.75, 3.05) is 0 Å². The molecule has 0 aliphatic heterocycles. The summed E-state index contributed by atoms with van der Waals surface area (Å²) in [4.78, 5) is 0. The van der Waals surface area contributed by atoms with Gasteiger partial charge >= 0.3 is 0 Å². The van der Waals surface area contributed by atoms with Gasteiger partial charge in [0, 0.05) is 10.5 Å². The van der Waals surface area contributed by atoms with Crippen molar-refractivity contribution in [2.45, 2.75) is 33.2 Å². The summed E-state index contributed by atoms with van der Waals surface area (Å²) in [7, 11) is 0. The van der Waals surface area contributed by atoms with E-state index in [2.05, 4.69) is 41.9 Å². The Hall–Kier alpha value is -0.340. The van der Waals surface area contributed by atoms with E-state index in [1.807, 2.05) is 6.92 Å². The molecule has 1 aromatic rings. The van der Waals surface area contributed by atoms with Gasteiger partial charge in [-0.1, -0.05) is 22.0 Å². The zero-order chi connectivity index (χ0) is 10.0. The number of nitrogens with two attached hydrogens (primary N) is 1. The number of benzene rings is 1. The van der Waals surface area contributed by atoms with Crippen molar-refractivity contribution in [1.29, 1.82) is 0 Å². The van der Waals surface area contributed by atoms with E-state index in [0.717, 1.165) is 6.42 Å². The predicted molar refractivity (Wildman–Crippen MR) is 61.0 cm³/mol. The number of hydrogen-bond acceptors (Lipinski definition) is 1. The number of hydrogen-bond donors (Lipinski definition) is 1. The van der Waals surface area contributed by atoms with Crippen molar-refractivity contribution in [2.24, 2.45) is 5.73 Å². The minimum atomic E-state index is 0.219. The Morgan fingerprint density at radius 3 is 2.54 bits per heavy atom. The molecular formula is C11H16BrN. The quantitative estimate of drug-likeness (QED) is 0.847. The fourth-order valence-corrected chi connectivity index (χ4v) is 2.00. The normalized spacial score (nSPS) is 13.0. The third-order valence-corrected chi connectivity index (χ3v) is 3.08. The van der Waals surface area contributed by atoms with E-state index in [-0.39, 0.29) is 6.04 Å². The van der Waals surface area contributed by atoms with Crippen molar-refractivity contribution in [3.05, 3.63) is 33.3 Å². The van der Waals surface area contributed by atoms with Crippen molar-refractivity contribution >= 4 is 15.9 Å². The fraction of sp³-hybridized carbons (Fsp3) is 0.455. The van der Waals surface area contributed by atoms with Gasteiger partial charge in [0.05, 0.1) is 0 Å². The van der Waals surface area contributed by atoms with Crippen LogP contribution < -0.4 is 5.73 Å². The molecule has 13 heavy (non-hydrogen) atoms. The first-order valence-corrected chi connectivity index (χ1v) is 5.32. The topological polar surface area (TPSA) is 26.0 Å². The molecule has 0 aliphatic carbocycles. The molecule has 1 aromatic carbocycles. The molecule has 0 fully saturated rings. The Morgan fingerprint density at radius 2 is 2.00 bits per heavy atom. The number of halogens is 1. The zero-order valence-corrected chi connectivity index (χ0v) is 9.98. The first-order valence-electron chi connectivity index (χ1n) is 4.52. The van der Waals surface area contributed by atoms with Gasteiger partial charge in [-0.3, -0.25) is 0 Å². The lowest BCUT2D eigenvalue weighted by Crippen LogP contribution is -2.18. The summed E-state index contributed by atoms with van der Waals surface area (Å²) in [6, 6.07) is 4.45. The Bertz CT molecular complexity index is 305. The number of aryl methyl sites for hydroxylation is 1. The van der Waals surface area contributed by atoms with E-state index in [1.165, 1.54) is 21.2 Å². The molecule has 0 radical (unpaired) electrons. The zero-order valence-electron chi connectivity index (χ0n) is 8.39. The van der Waals surface area contributed by atoms with Gasteiger partial charge in [0.15, 0.2) is 0 Å². The van der Waals surface area contributed by atoms with Crippen LogP contribution in [-0.2, 0) is 6.42 Å². The van der Waals surface area contributed by atoms with Crippen LogP contribution in [0.1, 0.15) is 23.6 Å². The van der Waals surface area contributed by atoms with Crippen LogP contribution in [0.2, 0.25) is 0 Å². The van der Waals surface area contributed by atoms with Gasteiger partial charge < -0.3 is 5.73 Å². The van der Waals surface area contributed by atoms with Crippen LogP contribution in [0.3, 0.4) is 0 Å². The molecule has 1 rings (SSSR count). The molecule has 0 aliphatic rings. The second-order valence-electron chi connectivity index (χ2n) is 3.65. The fourth-order valence-electron chi connectivity index (χ4n) is 1.41. The molecule has 0 aromatic heterocycles. The van der Waals surface area contributed by atoms with Gasteiger partial charge in [0.2, 0.25) is 0 Å². The molecule has 0 bridgehead atoms. The monoisotopic (exact) mass is 241 g/mol. The Labute approximate surface area is 88.5 Å². The van der Waals surface area contributed by atoms with Gasteiger partial charge in [-0.15, -0.1) is 0 Å². The molecule has 0 heterocycles. The van der Waals surface area contributed by atoms with Gasteiger partial charge in [-0.05, 0) is 49.9 Å². The van der Waals surface area contributed by atoms with Crippen molar-refractivity contribution in [3.8, 4) is 0 Å². The molecule has 72 valence electrons. The largest absolute Gasteiger partial charge is 0.328 e. The van der Waals surface area contributed by atoms with E-state index in [9.17, 15) is 0 Å². The molecule has 0 saturated carbocycles. The molecule has 1 nitrogen and oxygen atoms in total. The van der Waals surface area contributed by atoms with Gasteiger partial charge in [0.1, 0.15) is 0 Å². The van der Waals surface area contributed by atoms with Crippen LogP contribution in [0.4, 0.5) is 0 Å². The van der Waals surface area contributed by atoms with E-state index in [0.29, 0.717) is 0 Å². The van der Waals surface area contributed by atoms with Gasteiger partial charge in [-0.25, -0.2) is 0 Å². The first kappa shape index (κ1) is 10.7. The van der Waals surface area contributed by atoms with E-state index >= 15 is 0 Å². The minimum absolute atomic E-state index is 0.219. The summed E-state index contributed by atoms with van der Waals surface area (Å²) in [5.74, 6) is 0. The van der Waals surface area contributed by atoms with Crippen LogP contribution in [0.25, 0.3) is 0 Å². The minimum Gasteiger partial charge on any atom is -0.328 e. The van der Waals surface area contributed by atoms with Gasteiger partial charge in [-0.2, -0.15) is 0 Å². The average molecular weight is 242 g/mol. The van der Waals surface area contributed by atoms with E-state index in [1.54, 1.807) is 0 Å². The summed E-state index contributed by atoms with van der Waals surface area (Å²) in [5.41, 5.74) is 9.82. The molecule has 0 amide bonds. The Kier molecular flexibility index (Phi) is 3.51. The molecule has 0 spiro atoms. The molecule has 2 N–H and O–H groups in total. The summed E-state index contributed by atoms with van der Waals surface area (Å²) in [6.07, 6.45) is 0.939. The lowest BCUT2D eigenvalue weighted by atomic mass is 9.98. The second-order valence-corrected chi connectivity index (χ2v) is 4.50. The SMILES string of the molecule is Cc1ccc(Br)c(CC(C)N)c1C. The second kappa shape index (κ2) is 4.25. The maximum atomic E-state index is 5.79. The van der Waals surface area contributed by atoms with Crippen LogP contribution in [-0.4, -0.2) is 6.04 Å². The van der Waals surface area contributed by atoms with E-state index in [4.69, 9.17) is 5.73 Å². The molecule has 0 saturated heterocycles. The molecule has 2 heteroatoms. The van der Waals surface area contributed by atoms with Crippen molar-refractivity contribution in [1.82, 2.24) is 0 Å². The van der Waals surface area contributed by atoms with Crippen LogP contribution >= 0.6 is 15.9 Å². The van der Waals surface area contributed by atoms with E-state index < -0.39 is 0 Å². The number of rotatable bonds is 2. The Morgan fingerprint density at radius 1 is 1.38 bits per heavy atom. The summed E-state index contributed by atoms with van der Waals surface area (Å²) in [5, 5.41) is 0. The highest BCUT2D eigenvalue weighted by atomic mass is 79.9. The smallest absolute Gasteiger partial charge is 0.0210 e. The first-order chi connectivity index (χ1) is 6.02. The predicted octanol–water partition coefficient (Wildman–Crippen LogP) is 2.96. The van der Waals surface area contributed by atoms with Crippen molar-refractivity contribution < 1.29 is 0 Å². The standard InChI is InChI=1S/C11H16BrN/c1-7-4-5-11(12)10(9(7)3)6-8(2)13/h4-5,8H,6,13H2,1-3H3. The van der Waals surface area contributed by atoms with Crippen LogP contribution in [0, 0.1) is 13.8 Å². The summed E-state index contributed by atoms with van der Waals surface area (Å²) >= 11 is 3.55. The lowest BCUT2D eigenvalue weighted by Gasteiger charge is -2.13. The van der Waals surface area contributed by atoms with Crippen LogP contribution in [0.5, 0.6) is 0 Å². The average Bonchev–Trinajstić information content (AvgIpc) is 2.05. The Balaban J connectivity index is 3.10. The highest BCUT2D eigenvalue weighted by Gasteiger charge is 2.07. The van der Waals surface area contributed by atoms with Gasteiger partial charge in [0.25, 0.3) is 0 Å².